The van der Waals surface area contributed by atoms with Gasteiger partial charge in [-0.25, -0.2) is 0 Å². The molecule has 0 unspecified atom stereocenters. The van der Waals surface area contributed by atoms with Gasteiger partial charge in [-0.05, 0) is 76.1 Å². The molecule has 0 aliphatic rings. The molecule has 0 radical (unpaired) electrons. The Kier molecular flexibility index (Phi) is 17.1. The molecule has 4 atom stereocenters. The molecule has 0 spiro atoms. The van der Waals surface area contributed by atoms with Gasteiger partial charge >= 0.3 is 17.9 Å². The van der Waals surface area contributed by atoms with E-state index in [1.54, 1.807) is 20.8 Å². The normalized spacial score (nSPS) is 13.5. The quantitative estimate of drug-likeness (QED) is 0.201. The van der Waals surface area contributed by atoms with E-state index in [1.165, 1.54) is 6.92 Å². The number of carbonyl (C=O) groups is 4. The molecule has 0 bridgehead atoms. The molecule has 0 saturated heterocycles. The Bertz CT molecular complexity index is 953. The number of halogens is 1. The van der Waals surface area contributed by atoms with E-state index in [0.717, 1.165) is 17.5 Å². The molecular weight excluding hydrogens is 536 g/mol. The van der Waals surface area contributed by atoms with E-state index < -0.39 is 41.3 Å². The van der Waals surface area contributed by atoms with Crippen molar-refractivity contribution in [3.8, 4) is 0 Å². The van der Waals surface area contributed by atoms with E-state index in [-0.39, 0.29) is 12.6 Å². The Morgan fingerprint density at radius 3 is 1.43 bits per heavy atom. The number of carbonyl (C=O) groups excluding carboxylic acids is 3. The summed E-state index contributed by atoms with van der Waals surface area (Å²) in [5.41, 5.74) is 2.24. The zero-order valence-electron chi connectivity index (χ0n) is 23.6. The summed E-state index contributed by atoms with van der Waals surface area (Å²) in [6, 6.07) is 17.1. The van der Waals surface area contributed by atoms with Crippen LogP contribution in [-0.2, 0) is 41.5 Å². The average molecular weight is 577 g/mol. The molecule has 220 valence electrons. The Morgan fingerprint density at radius 2 is 1.10 bits per heavy atom. The van der Waals surface area contributed by atoms with Crippen molar-refractivity contribution < 1.29 is 33.8 Å². The number of carboxylic acid groups (broad SMARTS) is 1. The first-order chi connectivity index (χ1) is 19.1. The van der Waals surface area contributed by atoms with Gasteiger partial charge in [0, 0.05) is 0 Å². The molecule has 0 saturated carbocycles. The molecule has 0 fully saturated rings. The molecular formula is C30H41ClN2O7. The van der Waals surface area contributed by atoms with Crippen molar-refractivity contribution in [2.24, 2.45) is 0 Å². The van der Waals surface area contributed by atoms with Crippen molar-refractivity contribution in [2.75, 3.05) is 13.2 Å². The Labute approximate surface area is 241 Å². The summed E-state index contributed by atoms with van der Waals surface area (Å²) in [4.78, 5) is 45.7. The molecule has 40 heavy (non-hydrogen) atoms. The van der Waals surface area contributed by atoms with Crippen molar-refractivity contribution in [3.63, 3.8) is 0 Å². The van der Waals surface area contributed by atoms with Gasteiger partial charge in [-0.1, -0.05) is 60.7 Å². The van der Waals surface area contributed by atoms with Crippen molar-refractivity contribution in [1.82, 2.24) is 10.6 Å². The highest BCUT2D eigenvalue weighted by Gasteiger charge is 2.25. The first-order valence-corrected chi connectivity index (χ1v) is 13.8. The maximum atomic E-state index is 11.9. The molecule has 0 aliphatic heterocycles. The van der Waals surface area contributed by atoms with Gasteiger partial charge in [-0.2, -0.15) is 0 Å². The highest BCUT2D eigenvalue weighted by Crippen LogP contribution is 2.09. The lowest BCUT2D eigenvalue weighted by atomic mass is 10.0. The van der Waals surface area contributed by atoms with Crippen molar-refractivity contribution in [1.29, 1.82) is 0 Å². The standard InChI is InChI=1S/C15H20ClNO3.C15H21NO4/c1-3-20-15(19)13(17-11(2)14(16)18)10-9-12-7-5-4-6-8-12;1-3-20-15(19)13(16-11(2)14(17)18)10-9-12-7-5-4-6-8-12/h4-8,11,13,17H,3,9-10H2,1-2H3;4-8,11,13,16H,3,9-10H2,1-2H3,(H,17,18)/t2*11-,13-/m00/s1. The number of benzene rings is 2. The van der Waals surface area contributed by atoms with Gasteiger partial charge in [0.2, 0.25) is 5.24 Å². The van der Waals surface area contributed by atoms with Gasteiger partial charge in [-0.15, -0.1) is 0 Å². The topological polar surface area (TPSA) is 131 Å². The summed E-state index contributed by atoms with van der Waals surface area (Å²) in [5.74, 6) is -1.75. The lowest BCUT2D eigenvalue weighted by molar-refractivity contribution is -0.147. The number of hydrogen-bond donors (Lipinski definition) is 3. The molecule has 0 aromatic heterocycles. The first kappa shape index (κ1) is 34.8. The van der Waals surface area contributed by atoms with E-state index in [9.17, 15) is 19.2 Å². The molecule has 2 rings (SSSR count). The van der Waals surface area contributed by atoms with Crippen molar-refractivity contribution in [2.45, 2.75) is 77.5 Å². The highest BCUT2D eigenvalue weighted by atomic mass is 35.5. The molecule has 9 nitrogen and oxygen atoms in total. The van der Waals surface area contributed by atoms with Crippen LogP contribution in [0, 0.1) is 0 Å². The lowest BCUT2D eigenvalue weighted by Crippen LogP contribution is -2.46. The Morgan fingerprint density at radius 1 is 0.725 bits per heavy atom. The minimum absolute atomic E-state index is 0.282. The van der Waals surface area contributed by atoms with Crippen molar-refractivity contribution >= 4 is 34.8 Å². The van der Waals surface area contributed by atoms with Crippen LogP contribution in [0.2, 0.25) is 0 Å². The summed E-state index contributed by atoms with van der Waals surface area (Å²) in [6.07, 6.45) is 2.46. The fraction of sp³-hybridized carbons (Fsp3) is 0.467. The largest absolute Gasteiger partial charge is 0.480 e. The molecule has 2 aromatic carbocycles. The van der Waals surface area contributed by atoms with Crippen LogP contribution in [0.4, 0.5) is 0 Å². The van der Waals surface area contributed by atoms with E-state index in [2.05, 4.69) is 10.6 Å². The molecule has 2 aromatic rings. The van der Waals surface area contributed by atoms with Crippen LogP contribution < -0.4 is 10.6 Å². The SMILES string of the molecule is CCOC(=O)[C@H](CCc1ccccc1)N[C@@H](C)C(=O)Cl.CCOC(=O)[C@H](CCc1ccccc1)N[C@@H](C)C(=O)O. The van der Waals surface area contributed by atoms with Gasteiger partial charge in [0.05, 0.1) is 19.3 Å². The summed E-state index contributed by atoms with van der Waals surface area (Å²) in [5, 5.41) is 14.1. The predicted octanol–water partition coefficient (Wildman–Crippen LogP) is 3.91. The lowest BCUT2D eigenvalue weighted by Gasteiger charge is -2.20. The number of ether oxygens (including phenoxy) is 2. The number of aliphatic carboxylic acids is 1. The van der Waals surface area contributed by atoms with E-state index in [0.29, 0.717) is 25.9 Å². The highest BCUT2D eigenvalue weighted by molar-refractivity contribution is 6.64. The van der Waals surface area contributed by atoms with Crippen LogP contribution in [0.15, 0.2) is 60.7 Å². The zero-order valence-corrected chi connectivity index (χ0v) is 24.4. The summed E-state index contributed by atoms with van der Waals surface area (Å²) in [6.45, 7) is 7.21. The van der Waals surface area contributed by atoms with E-state index in [1.807, 2.05) is 60.7 Å². The number of nitrogens with one attached hydrogen (secondary N) is 2. The summed E-state index contributed by atoms with van der Waals surface area (Å²) < 4.78 is 10.00. The zero-order chi connectivity index (χ0) is 29.9. The van der Waals surface area contributed by atoms with Crippen LogP contribution >= 0.6 is 11.6 Å². The molecule has 0 amide bonds. The average Bonchev–Trinajstić information content (AvgIpc) is 2.94. The monoisotopic (exact) mass is 576 g/mol. The third-order valence-electron chi connectivity index (χ3n) is 5.88. The third-order valence-corrected chi connectivity index (χ3v) is 6.21. The smallest absolute Gasteiger partial charge is 0.323 e. The molecule has 0 aliphatic carbocycles. The van der Waals surface area contributed by atoms with Gasteiger partial charge in [0.15, 0.2) is 0 Å². The minimum atomic E-state index is -0.987. The number of hydrogen-bond acceptors (Lipinski definition) is 8. The number of rotatable bonds is 16. The van der Waals surface area contributed by atoms with E-state index >= 15 is 0 Å². The maximum absolute atomic E-state index is 11.9. The predicted molar refractivity (Wildman–Crippen MR) is 154 cm³/mol. The van der Waals surface area contributed by atoms with Gasteiger partial charge in [0.1, 0.15) is 18.1 Å². The maximum Gasteiger partial charge on any atom is 0.323 e. The molecule has 3 N–H and O–H groups in total. The second kappa shape index (κ2) is 19.7. The number of carboxylic acids is 1. The Hall–Kier alpha value is -3.27. The number of aryl methyl sites for hydroxylation is 2. The summed E-state index contributed by atoms with van der Waals surface area (Å²) >= 11 is 5.42. The molecule has 10 heteroatoms. The van der Waals surface area contributed by atoms with Crippen LogP contribution in [0.5, 0.6) is 0 Å². The van der Waals surface area contributed by atoms with Crippen LogP contribution in [0.1, 0.15) is 51.7 Å². The molecule has 0 heterocycles. The minimum Gasteiger partial charge on any atom is -0.480 e. The number of esters is 2. The van der Waals surface area contributed by atoms with Crippen LogP contribution in [0.3, 0.4) is 0 Å². The Balaban J connectivity index is 0.000000400. The van der Waals surface area contributed by atoms with Crippen LogP contribution in [-0.4, -0.2) is 65.6 Å². The van der Waals surface area contributed by atoms with E-state index in [4.69, 9.17) is 26.2 Å². The first-order valence-electron chi connectivity index (χ1n) is 13.4. The fourth-order valence-electron chi connectivity index (χ4n) is 3.68. The second-order valence-electron chi connectivity index (χ2n) is 9.08. The third kappa shape index (κ3) is 14.2. The van der Waals surface area contributed by atoms with Gasteiger partial charge < -0.3 is 14.6 Å². The van der Waals surface area contributed by atoms with Crippen LogP contribution in [0.25, 0.3) is 0 Å². The fourth-order valence-corrected chi connectivity index (χ4v) is 3.74. The van der Waals surface area contributed by atoms with Gasteiger partial charge in [-0.3, -0.25) is 29.8 Å². The van der Waals surface area contributed by atoms with Crippen molar-refractivity contribution in [3.05, 3.63) is 71.8 Å². The van der Waals surface area contributed by atoms with Gasteiger partial charge in [0.25, 0.3) is 0 Å². The second-order valence-corrected chi connectivity index (χ2v) is 9.45. The summed E-state index contributed by atoms with van der Waals surface area (Å²) in [7, 11) is 0.